The molecule has 1 aromatic heterocycles. The first-order valence-corrected chi connectivity index (χ1v) is 11.4. The Hall–Kier alpha value is -3.30. The van der Waals surface area contributed by atoms with Crippen LogP contribution in [0.25, 0.3) is 10.9 Å². The molecule has 0 saturated heterocycles. The van der Waals surface area contributed by atoms with Gasteiger partial charge in [0, 0.05) is 30.6 Å². The molecule has 1 amide bonds. The van der Waals surface area contributed by atoms with Crippen LogP contribution in [-0.4, -0.2) is 49.4 Å². The fraction of sp³-hybridized carbons (Fsp3) is 0.400. The van der Waals surface area contributed by atoms with Gasteiger partial charge in [-0.25, -0.2) is 14.4 Å². The first-order chi connectivity index (χ1) is 16.6. The molecule has 8 nitrogen and oxygen atoms in total. The molecular weight excluding hydrogens is 439 g/mol. The molecule has 1 saturated carbocycles. The van der Waals surface area contributed by atoms with Gasteiger partial charge < -0.3 is 24.8 Å². The average molecular weight is 469 g/mol. The highest BCUT2D eigenvalue weighted by molar-refractivity contribution is 5.93. The highest BCUT2D eigenvalue weighted by atomic mass is 19.1. The number of ether oxygens (including phenoxy) is 3. The van der Waals surface area contributed by atoms with Crippen LogP contribution in [0.5, 0.6) is 5.75 Å². The number of amides is 1. The third-order valence-corrected chi connectivity index (χ3v) is 5.71. The maximum atomic E-state index is 14.8. The molecule has 0 radical (unpaired) electrons. The summed E-state index contributed by atoms with van der Waals surface area (Å²) in [7, 11) is 1.57. The van der Waals surface area contributed by atoms with Crippen molar-refractivity contribution in [3.63, 3.8) is 0 Å². The Kier molecular flexibility index (Phi) is 8.21. The van der Waals surface area contributed by atoms with Crippen molar-refractivity contribution in [2.75, 3.05) is 44.2 Å². The van der Waals surface area contributed by atoms with E-state index in [9.17, 15) is 9.18 Å². The number of nitrogens with zero attached hydrogens (tertiary/aromatic N) is 2. The molecule has 0 bridgehead atoms. The summed E-state index contributed by atoms with van der Waals surface area (Å²) in [6.07, 6.45) is 6.24. The Labute approximate surface area is 197 Å². The van der Waals surface area contributed by atoms with E-state index >= 15 is 0 Å². The molecule has 9 heteroatoms. The lowest BCUT2D eigenvalue weighted by molar-refractivity contribution is -0.121. The van der Waals surface area contributed by atoms with Gasteiger partial charge in [-0.2, -0.15) is 0 Å². The number of aromatic nitrogens is 2. The number of rotatable bonds is 11. The lowest BCUT2D eigenvalue weighted by Gasteiger charge is -2.12. The van der Waals surface area contributed by atoms with E-state index in [2.05, 4.69) is 20.6 Å². The van der Waals surface area contributed by atoms with Gasteiger partial charge in [0.15, 0.2) is 0 Å². The summed E-state index contributed by atoms with van der Waals surface area (Å²) in [5.41, 5.74) is 1.76. The number of hydrogen-bond acceptors (Lipinski definition) is 7. The summed E-state index contributed by atoms with van der Waals surface area (Å²) >= 11 is 0. The van der Waals surface area contributed by atoms with E-state index < -0.39 is 5.82 Å². The quantitative estimate of drug-likeness (QED) is 0.395. The molecule has 180 valence electrons. The fourth-order valence-corrected chi connectivity index (χ4v) is 4.00. The van der Waals surface area contributed by atoms with E-state index in [1.807, 2.05) is 0 Å². The molecule has 1 aliphatic rings. The minimum Gasteiger partial charge on any atom is -0.491 e. The largest absolute Gasteiger partial charge is 0.491 e. The van der Waals surface area contributed by atoms with E-state index in [0.29, 0.717) is 54.2 Å². The van der Waals surface area contributed by atoms with Gasteiger partial charge in [-0.15, -0.1) is 0 Å². The van der Waals surface area contributed by atoms with Crippen molar-refractivity contribution in [1.29, 1.82) is 0 Å². The van der Waals surface area contributed by atoms with Crippen LogP contribution in [-0.2, 0) is 14.3 Å². The summed E-state index contributed by atoms with van der Waals surface area (Å²) in [6.45, 7) is 1.40. The van der Waals surface area contributed by atoms with Gasteiger partial charge in [0.25, 0.3) is 0 Å². The van der Waals surface area contributed by atoms with E-state index in [1.165, 1.54) is 38.1 Å². The van der Waals surface area contributed by atoms with E-state index in [1.54, 1.807) is 37.4 Å². The lowest BCUT2D eigenvalue weighted by Crippen LogP contribution is -2.20. The molecule has 1 aliphatic carbocycles. The number of carbonyl (C=O) groups excluding carboxylic acids is 1. The maximum absolute atomic E-state index is 14.8. The topological polar surface area (TPSA) is 94.6 Å². The summed E-state index contributed by atoms with van der Waals surface area (Å²) in [5.74, 6) is 0.610. The fourth-order valence-electron chi connectivity index (χ4n) is 4.00. The van der Waals surface area contributed by atoms with Crippen LogP contribution in [0.1, 0.15) is 25.7 Å². The first kappa shape index (κ1) is 23.8. The van der Waals surface area contributed by atoms with Gasteiger partial charge in [0.1, 0.15) is 36.9 Å². The summed E-state index contributed by atoms with van der Waals surface area (Å²) in [4.78, 5) is 20.5. The number of benzene rings is 2. The zero-order valence-corrected chi connectivity index (χ0v) is 19.2. The molecule has 4 rings (SSSR count). The Morgan fingerprint density at radius 3 is 2.62 bits per heavy atom. The van der Waals surface area contributed by atoms with Crippen molar-refractivity contribution in [1.82, 2.24) is 9.97 Å². The molecule has 1 fully saturated rings. The van der Waals surface area contributed by atoms with Crippen molar-refractivity contribution in [2.24, 2.45) is 5.92 Å². The Morgan fingerprint density at radius 1 is 1.09 bits per heavy atom. The zero-order valence-electron chi connectivity index (χ0n) is 19.2. The number of anilines is 3. The Balaban J connectivity index is 1.36. The summed E-state index contributed by atoms with van der Waals surface area (Å²) in [5, 5.41) is 6.20. The number of carbonyl (C=O) groups is 1. The third-order valence-electron chi connectivity index (χ3n) is 5.71. The molecule has 0 atom stereocenters. The zero-order chi connectivity index (χ0) is 23.8. The molecule has 0 spiro atoms. The van der Waals surface area contributed by atoms with Crippen LogP contribution in [0.4, 0.5) is 21.6 Å². The van der Waals surface area contributed by atoms with Crippen LogP contribution >= 0.6 is 0 Å². The molecule has 0 aliphatic heterocycles. The monoisotopic (exact) mass is 468 g/mol. The van der Waals surface area contributed by atoms with Crippen molar-refractivity contribution < 1.29 is 23.4 Å². The van der Waals surface area contributed by atoms with E-state index in [4.69, 9.17) is 14.2 Å². The van der Waals surface area contributed by atoms with Crippen molar-refractivity contribution in [2.45, 2.75) is 25.7 Å². The lowest BCUT2D eigenvalue weighted by atomic mass is 10.1. The van der Waals surface area contributed by atoms with Gasteiger partial charge in [0.05, 0.1) is 24.1 Å². The van der Waals surface area contributed by atoms with Crippen molar-refractivity contribution in [3.8, 4) is 5.75 Å². The second-order valence-electron chi connectivity index (χ2n) is 8.28. The van der Waals surface area contributed by atoms with Crippen LogP contribution in [0.15, 0.2) is 42.7 Å². The third kappa shape index (κ3) is 6.39. The highest BCUT2D eigenvalue weighted by Crippen LogP contribution is 2.29. The smallest absolute Gasteiger partial charge is 0.250 e. The van der Waals surface area contributed by atoms with Gasteiger partial charge in [-0.1, -0.05) is 12.8 Å². The van der Waals surface area contributed by atoms with Gasteiger partial charge >= 0.3 is 0 Å². The van der Waals surface area contributed by atoms with E-state index in [0.717, 1.165) is 0 Å². The summed E-state index contributed by atoms with van der Waals surface area (Å²) < 4.78 is 30.8. The van der Waals surface area contributed by atoms with Crippen LogP contribution < -0.4 is 15.4 Å². The maximum Gasteiger partial charge on any atom is 0.250 e. The Morgan fingerprint density at radius 2 is 1.85 bits per heavy atom. The number of methoxy groups -OCH3 is 1. The first-order valence-electron chi connectivity index (χ1n) is 11.4. The number of fused-ring (bicyclic) bond motifs is 1. The summed E-state index contributed by atoms with van der Waals surface area (Å²) in [6, 6.07) is 10.1. The molecule has 2 aromatic carbocycles. The number of hydrogen-bond donors (Lipinski definition) is 2. The number of halogens is 1. The Bertz CT molecular complexity index is 1100. The minimum atomic E-state index is -0.491. The molecular formula is C25H29FN4O4. The average Bonchev–Trinajstić information content (AvgIpc) is 3.34. The van der Waals surface area contributed by atoms with Crippen LogP contribution in [0.3, 0.4) is 0 Å². The van der Waals surface area contributed by atoms with E-state index in [-0.39, 0.29) is 17.9 Å². The van der Waals surface area contributed by atoms with Gasteiger partial charge in [0.2, 0.25) is 5.91 Å². The van der Waals surface area contributed by atoms with Gasteiger partial charge in [-0.3, -0.25) is 4.79 Å². The number of nitrogens with one attached hydrogen (secondary N) is 2. The molecule has 0 unspecified atom stereocenters. The SMILES string of the molecule is COCCOc1cc(F)c2c(Nc3ccc(NC(=O)COCC4CCCC4)cc3)ncnc2c1. The van der Waals surface area contributed by atoms with Crippen LogP contribution in [0, 0.1) is 11.7 Å². The van der Waals surface area contributed by atoms with Crippen molar-refractivity contribution in [3.05, 3.63) is 48.5 Å². The predicted octanol–water partition coefficient (Wildman–Crippen LogP) is 4.68. The molecule has 34 heavy (non-hydrogen) atoms. The second-order valence-corrected chi connectivity index (χ2v) is 8.28. The minimum absolute atomic E-state index is 0.0415. The molecule has 2 N–H and O–H groups in total. The van der Waals surface area contributed by atoms with Gasteiger partial charge in [-0.05, 0) is 43.0 Å². The normalized spacial score (nSPS) is 13.8. The molecule has 1 heterocycles. The predicted molar refractivity (Wildman–Crippen MR) is 128 cm³/mol. The standard InChI is InChI=1S/C25H29FN4O4/c1-32-10-11-34-20-12-21(26)24-22(13-20)27-16-28-25(24)30-19-8-6-18(7-9-19)29-23(31)15-33-14-17-4-2-3-5-17/h6-9,12-13,16-17H,2-5,10-11,14-15H2,1H3,(H,29,31)(H,27,28,30). The highest BCUT2D eigenvalue weighted by Gasteiger charge is 2.16. The molecule has 3 aromatic rings. The van der Waals surface area contributed by atoms with Crippen molar-refractivity contribution >= 4 is 34.0 Å². The van der Waals surface area contributed by atoms with Crippen LogP contribution in [0.2, 0.25) is 0 Å². The second kappa shape index (κ2) is 11.7.